The van der Waals surface area contributed by atoms with Crippen LogP contribution in [0.4, 0.5) is 37.7 Å². The lowest BCUT2D eigenvalue weighted by molar-refractivity contribution is -0.138. The Morgan fingerprint density at radius 1 is 0.621 bits per heavy atom. The summed E-state index contributed by atoms with van der Waals surface area (Å²) < 4.78 is 76.5. The quantitative estimate of drug-likeness (QED) is 0.411. The second kappa shape index (κ2) is 8.36. The van der Waals surface area contributed by atoms with Gasteiger partial charge in [0.2, 0.25) is 0 Å². The summed E-state index contributed by atoms with van der Waals surface area (Å²) >= 11 is 1.42. The van der Waals surface area contributed by atoms with E-state index >= 15 is 0 Å². The minimum atomic E-state index is -4.40. The van der Waals surface area contributed by atoms with Crippen LogP contribution < -0.4 is 10.6 Å². The molecular formula is C20H16F6N2S. The maximum absolute atomic E-state index is 12.8. The van der Waals surface area contributed by atoms with Crippen molar-refractivity contribution < 1.29 is 26.3 Å². The normalized spacial score (nSPS) is 12.1. The zero-order chi connectivity index (χ0) is 21.1. The van der Waals surface area contributed by atoms with Crippen LogP contribution in [-0.2, 0) is 25.4 Å². The second-order valence-corrected chi connectivity index (χ2v) is 7.49. The van der Waals surface area contributed by atoms with Gasteiger partial charge in [0.25, 0.3) is 0 Å². The Morgan fingerprint density at radius 2 is 1.03 bits per heavy atom. The Kier molecular flexibility index (Phi) is 6.07. The lowest BCUT2D eigenvalue weighted by Gasteiger charge is -2.10. The molecule has 0 unspecified atom stereocenters. The predicted octanol–water partition coefficient (Wildman–Crippen LogP) is 7.01. The van der Waals surface area contributed by atoms with E-state index in [-0.39, 0.29) is 0 Å². The highest BCUT2D eigenvalue weighted by Gasteiger charge is 2.31. The molecule has 0 atom stereocenters. The highest BCUT2D eigenvalue weighted by Crippen LogP contribution is 2.32. The van der Waals surface area contributed by atoms with Crippen molar-refractivity contribution in [2.24, 2.45) is 0 Å². The fraction of sp³-hybridized carbons (Fsp3) is 0.200. The van der Waals surface area contributed by atoms with Gasteiger partial charge in [0.05, 0.1) is 11.1 Å². The molecule has 1 heterocycles. The van der Waals surface area contributed by atoms with E-state index in [0.717, 1.165) is 34.0 Å². The van der Waals surface area contributed by atoms with Crippen molar-refractivity contribution in [3.63, 3.8) is 0 Å². The molecule has 0 spiro atoms. The first kappa shape index (κ1) is 21.0. The highest BCUT2D eigenvalue weighted by atomic mass is 32.1. The van der Waals surface area contributed by atoms with Crippen LogP contribution in [0.2, 0.25) is 0 Å². The number of anilines is 2. The minimum Gasteiger partial charge on any atom is -0.380 e. The Bertz CT molecular complexity index is 886. The van der Waals surface area contributed by atoms with E-state index in [1.807, 2.05) is 12.1 Å². The third-order valence-electron chi connectivity index (χ3n) is 4.03. The molecule has 0 aliphatic carbocycles. The molecule has 0 aliphatic heterocycles. The number of nitrogens with one attached hydrogen (secondary N) is 2. The molecule has 0 radical (unpaired) electrons. The Balaban J connectivity index is 1.56. The molecule has 0 amide bonds. The van der Waals surface area contributed by atoms with E-state index in [2.05, 4.69) is 10.6 Å². The summed E-state index contributed by atoms with van der Waals surface area (Å²) in [5.74, 6) is 0. The van der Waals surface area contributed by atoms with Gasteiger partial charge >= 0.3 is 12.4 Å². The monoisotopic (exact) mass is 430 g/mol. The van der Waals surface area contributed by atoms with Crippen LogP contribution in [0.25, 0.3) is 0 Å². The van der Waals surface area contributed by atoms with Gasteiger partial charge in [-0.1, -0.05) is 12.1 Å². The molecule has 0 fully saturated rings. The van der Waals surface area contributed by atoms with Gasteiger partial charge in [0.1, 0.15) is 0 Å². The van der Waals surface area contributed by atoms with E-state index in [4.69, 9.17) is 0 Å². The number of halogens is 6. The molecule has 0 bridgehead atoms. The lowest BCUT2D eigenvalue weighted by Crippen LogP contribution is -2.06. The molecule has 2 nitrogen and oxygen atoms in total. The topological polar surface area (TPSA) is 24.1 Å². The van der Waals surface area contributed by atoms with Crippen LogP contribution in [0.5, 0.6) is 0 Å². The molecule has 3 aromatic rings. The van der Waals surface area contributed by atoms with Gasteiger partial charge in [-0.15, -0.1) is 11.3 Å². The summed E-state index contributed by atoms with van der Waals surface area (Å²) in [6.07, 6.45) is -8.80. The van der Waals surface area contributed by atoms with Crippen LogP contribution in [0.3, 0.4) is 0 Å². The SMILES string of the molecule is FC(F)(F)c1cccc(NCc2ccc(CNc3cccc(C(F)(F)F)c3)s2)c1. The summed E-state index contributed by atoms with van der Waals surface area (Å²) in [6.45, 7) is 0.686. The van der Waals surface area contributed by atoms with Gasteiger partial charge in [-0.05, 0) is 48.5 Å². The number of alkyl halides is 6. The van der Waals surface area contributed by atoms with Crippen LogP contribution >= 0.6 is 11.3 Å². The van der Waals surface area contributed by atoms with E-state index in [0.29, 0.717) is 24.5 Å². The zero-order valence-electron chi connectivity index (χ0n) is 14.9. The standard InChI is InChI=1S/C20H16F6N2S/c21-19(22,23)13-3-1-5-15(9-13)27-11-17-7-8-18(29-17)12-28-16-6-2-4-14(10-16)20(24,25)26/h1-10,27-28H,11-12H2. The van der Waals surface area contributed by atoms with E-state index in [9.17, 15) is 26.3 Å². The third kappa shape index (κ3) is 5.90. The average molecular weight is 430 g/mol. The number of hydrogen-bond donors (Lipinski definition) is 2. The summed E-state index contributed by atoms with van der Waals surface area (Å²) in [6, 6.07) is 13.5. The fourth-order valence-corrected chi connectivity index (χ4v) is 3.50. The summed E-state index contributed by atoms with van der Waals surface area (Å²) in [5.41, 5.74) is -0.729. The smallest absolute Gasteiger partial charge is 0.380 e. The minimum absolute atomic E-state index is 0.343. The Labute approximate surface area is 167 Å². The average Bonchev–Trinajstić information content (AvgIpc) is 3.12. The molecule has 9 heteroatoms. The largest absolute Gasteiger partial charge is 0.416 e. The molecule has 2 aromatic carbocycles. The number of rotatable bonds is 6. The van der Waals surface area contributed by atoms with Gasteiger partial charge in [0.15, 0.2) is 0 Å². The molecule has 3 rings (SSSR count). The predicted molar refractivity (Wildman–Crippen MR) is 102 cm³/mol. The first-order valence-electron chi connectivity index (χ1n) is 8.51. The van der Waals surface area contributed by atoms with E-state index in [1.54, 1.807) is 12.1 Å². The lowest BCUT2D eigenvalue weighted by atomic mass is 10.2. The van der Waals surface area contributed by atoms with Gasteiger partial charge in [-0.25, -0.2) is 0 Å². The van der Waals surface area contributed by atoms with Crippen molar-refractivity contribution in [2.45, 2.75) is 25.4 Å². The Morgan fingerprint density at radius 3 is 1.41 bits per heavy atom. The molecule has 2 N–H and O–H groups in total. The summed E-state index contributed by atoms with van der Waals surface area (Å²) in [4.78, 5) is 1.78. The molecule has 1 aromatic heterocycles. The van der Waals surface area contributed by atoms with Crippen molar-refractivity contribution >= 4 is 22.7 Å². The molecule has 0 saturated carbocycles. The van der Waals surface area contributed by atoms with Gasteiger partial charge in [-0.3, -0.25) is 0 Å². The van der Waals surface area contributed by atoms with Crippen LogP contribution in [0.15, 0.2) is 60.7 Å². The molecule has 154 valence electrons. The molecule has 29 heavy (non-hydrogen) atoms. The number of hydrogen-bond acceptors (Lipinski definition) is 3. The van der Waals surface area contributed by atoms with E-state index < -0.39 is 23.5 Å². The Hall–Kier alpha value is -2.68. The van der Waals surface area contributed by atoms with Crippen LogP contribution in [0.1, 0.15) is 20.9 Å². The van der Waals surface area contributed by atoms with Gasteiger partial charge in [-0.2, -0.15) is 26.3 Å². The summed E-state index contributed by atoms with van der Waals surface area (Å²) in [5, 5.41) is 5.90. The van der Waals surface area contributed by atoms with Crippen molar-refractivity contribution in [2.75, 3.05) is 10.6 Å². The van der Waals surface area contributed by atoms with Crippen molar-refractivity contribution in [1.29, 1.82) is 0 Å². The third-order valence-corrected chi connectivity index (χ3v) is 5.12. The van der Waals surface area contributed by atoms with Crippen molar-refractivity contribution in [1.82, 2.24) is 0 Å². The summed E-state index contributed by atoms with van der Waals surface area (Å²) in [7, 11) is 0. The van der Waals surface area contributed by atoms with Crippen molar-refractivity contribution in [3.8, 4) is 0 Å². The fourth-order valence-electron chi connectivity index (χ4n) is 2.60. The van der Waals surface area contributed by atoms with Crippen LogP contribution in [-0.4, -0.2) is 0 Å². The first-order valence-corrected chi connectivity index (χ1v) is 9.33. The molecule has 0 saturated heterocycles. The molecule has 0 aliphatic rings. The highest BCUT2D eigenvalue weighted by molar-refractivity contribution is 7.12. The maximum Gasteiger partial charge on any atom is 0.416 e. The first-order chi connectivity index (χ1) is 13.6. The number of benzene rings is 2. The number of thiophene rings is 1. The van der Waals surface area contributed by atoms with Crippen molar-refractivity contribution in [3.05, 3.63) is 81.5 Å². The molecular weight excluding hydrogens is 414 g/mol. The maximum atomic E-state index is 12.8. The van der Waals surface area contributed by atoms with Crippen LogP contribution in [0, 0.1) is 0 Å². The van der Waals surface area contributed by atoms with Gasteiger partial charge < -0.3 is 10.6 Å². The second-order valence-electron chi connectivity index (χ2n) is 6.23. The van der Waals surface area contributed by atoms with E-state index in [1.165, 1.54) is 23.5 Å². The zero-order valence-corrected chi connectivity index (χ0v) is 15.7. The van der Waals surface area contributed by atoms with Gasteiger partial charge in [0, 0.05) is 34.2 Å².